The van der Waals surface area contributed by atoms with Crippen molar-refractivity contribution in [2.75, 3.05) is 0 Å². The van der Waals surface area contributed by atoms with E-state index in [0.717, 1.165) is 5.56 Å². The van der Waals surface area contributed by atoms with Gasteiger partial charge in [-0.1, -0.05) is 42.5 Å². The average molecular weight is 359 g/mol. The molecule has 2 aromatic carbocycles. The third kappa shape index (κ3) is 2.77. The van der Waals surface area contributed by atoms with Crippen molar-refractivity contribution < 1.29 is 9.66 Å². The van der Waals surface area contributed by atoms with E-state index >= 15 is 0 Å². The van der Waals surface area contributed by atoms with E-state index in [-0.39, 0.29) is 23.0 Å². The van der Waals surface area contributed by atoms with Gasteiger partial charge in [0, 0.05) is 17.7 Å². The number of benzene rings is 2. The number of rotatable bonds is 3. The number of nitriles is 1. The fraction of sp³-hybridized carbons (Fsp3) is 0.0526. The van der Waals surface area contributed by atoms with Gasteiger partial charge in [0.15, 0.2) is 0 Å². The van der Waals surface area contributed by atoms with Crippen LogP contribution in [0.15, 0.2) is 66.1 Å². The van der Waals surface area contributed by atoms with Crippen LogP contribution >= 0.6 is 0 Å². The molecule has 1 aromatic heterocycles. The minimum atomic E-state index is -0.551. The number of H-pyrrole nitrogens is 1. The number of nitrogens with one attached hydrogen (secondary N) is 1. The number of nitro benzene ring substituents is 1. The molecule has 0 unspecified atom stereocenters. The summed E-state index contributed by atoms with van der Waals surface area (Å²) in [6, 6.07) is 17.5. The summed E-state index contributed by atoms with van der Waals surface area (Å²) in [5, 5.41) is 20.5. The summed E-state index contributed by atoms with van der Waals surface area (Å²) in [5.41, 5.74) is 8.23. The number of hydrogen-bond donors (Lipinski definition) is 2. The largest absolute Gasteiger partial charge is 0.420 e. The quantitative estimate of drug-likeness (QED) is 0.545. The Morgan fingerprint density at radius 2 is 1.89 bits per heavy atom. The first-order valence-corrected chi connectivity index (χ1v) is 8.05. The average Bonchev–Trinajstić information content (AvgIpc) is 3.11. The summed E-state index contributed by atoms with van der Waals surface area (Å²) in [6.45, 7) is 0. The number of hydrogen-bond acceptors (Lipinski definition) is 6. The first-order chi connectivity index (χ1) is 13.1. The Bertz CT molecular complexity index is 1090. The molecule has 0 fully saturated rings. The molecule has 8 heteroatoms. The number of nitrogens with zero attached hydrogens (tertiary/aromatic N) is 3. The van der Waals surface area contributed by atoms with E-state index in [1.54, 1.807) is 12.1 Å². The van der Waals surface area contributed by atoms with Gasteiger partial charge in [-0.25, -0.2) is 0 Å². The minimum absolute atomic E-state index is 0.0283. The summed E-state index contributed by atoms with van der Waals surface area (Å²) in [4.78, 5) is 18.1. The smallest absolute Gasteiger partial charge is 0.269 e. The van der Waals surface area contributed by atoms with Crippen LogP contribution in [0.3, 0.4) is 0 Å². The highest BCUT2D eigenvalue weighted by Gasteiger charge is 2.34. The molecule has 1 aliphatic rings. The fourth-order valence-corrected chi connectivity index (χ4v) is 3.06. The molecule has 1 aliphatic heterocycles. The van der Waals surface area contributed by atoms with E-state index in [1.807, 2.05) is 30.3 Å². The Kier molecular flexibility index (Phi) is 3.82. The summed E-state index contributed by atoms with van der Waals surface area (Å²) in [6.07, 6.45) is 0. The molecule has 1 atom stereocenters. The second-order valence-electron chi connectivity index (χ2n) is 5.94. The molecule has 0 aliphatic carbocycles. The van der Waals surface area contributed by atoms with Crippen LogP contribution in [0.5, 0.6) is 5.88 Å². The lowest BCUT2D eigenvalue weighted by Gasteiger charge is -2.22. The Labute approximate surface area is 153 Å². The maximum Gasteiger partial charge on any atom is 0.269 e. The molecule has 2 heterocycles. The van der Waals surface area contributed by atoms with Crippen molar-refractivity contribution in [3.05, 3.63) is 87.4 Å². The molecule has 132 valence electrons. The number of nitrogens with two attached hydrogens (primary N) is 1. The van der Waals surface area contributed by atoms with Crippen molar-refractivity contribution in [1.82, 2.24) is 9.97 Å². The zero-order chi connectivity index (χ0) is 19.0. The van der Waals surface area contributed by atoms with Gasteiger partial charge in [0.2, 0.25) is 11.8 Å². The number of ether oxygens (including phenoxy) is 1. The monoisotopic (exact) mass is 359 g/mol. The van der Waals surface area contributed by atoms with Gasteiger partial charge in [0.25, 0.3) is 5.69 Å². The van der Waals surface area contributed by atoms with Gasteiger partial charge in [0.1, 0.15) is 17.5 Å². The number of fused-ring (bicyclic) bond motifs is 1. The van der Waals surface area contributed by atoms with Crippen LogP contribution in [0.4, 0.5) is 5.69 Å². The predicted molar refractivity (Wildman–Crippen MR) is 96.4 cm³/mol. The number of non-ortho nitro benzene ring substituents is 1. The first-order valence-electron chi connectivity index (χ1n) is 8.05. The van der Waals surface area contributed by atoms with E-state index in [9.17, 15) is 15.4 Å². The lowest BCUT2D eigenvalue weighted by Crippen LogP contribution is -2.21. The van der Waals surface area contributed by atoms with E-state index < -0.39 is 10.8 Å². The number of allylic oxidation sites excluding steroid dienone is 1. The highest BCUT2D eigenvalue weighted by molar-refractivity contribution is 5.60. The standard InChI is InChI=1S/C19H13N5O3/c20-10-14-15(11-6-8-13(9-7-11)24(25)26)16-19(27-17(14)21)23-18(22-16)12-4-2-1-3-5-12/h1-9,15H,21H2,(H,22,23)/t15-/m0/s1. The first kappa shape index (κ1) is 16.4. The van der Waals surface area contributed by atoms with Gasteiger partial charge in [0.05, 0.1) is 16.5 Å². The maximum absolute atomic E-state index is 10.9. The van der Waals surface area contributed by atoms with Crippen molar-refractivity contribution in [1.29, 1.82) is 5.26 Å². The van der Waals surface area contributed by atoms with Crippen LogP contribution < -0.4 is 10.5 Å². The van der Waals surface area contributed by atoms with Gasteiger partial charge in [-0.05, 0) is 5.56 Å². The molecule has 0 spiro atoms. The molecular formula is C19H13N5O3. The Balaban J connectivity index is 1.84. The number of aromatic amines is 1. The molecule has 0 amide bonds. The number of nitro groups is 1. The van der Waals surface area contributed by atoms with Crippen LogP contribution in [0.2, 0.25) is 0 Å². The molecular weight excluding hydrogens is 346 g/mol. The minimum Gasteiger partial charge on any atom is -0.420 e. The Morgan fingerprint density at radius 3 is 2.52 bits per heavy atom. The van der Waals surface area contributed by atoms with Gasteiger partial charge >= 0.3 is 0 Å². The third-order valence-corrected chi connectivity index (χ3v) is 4.35. The fourth-order valence-electron chi connectivity index (χ4n) is 3.06. The number of imidazole rings is 1. The zero-order valence-electron chi connectivity index (χ0n) is 13.9. The summed E-state index contributed by atoms with van der Waals surface area (Å²) in [5.74, 6) is 0.289. The molecule has 4 rings (SSSR count). The van der Waals surface area contributed by atoms with Crippen molar-refractivity contribution in [2.24, 2.45) is 5.73 Å². The van der Waals surface area contributed by atoms with Crippen molar-refractivity contribution in [3.8, 4) is 23.3 Å². The zero-order valence-corrected chi connectivity index (χ0v) is 13.9. The van der Waals surface area contributed by atoms with E-state index in [0.29, 0.717) is 17.1 Å². The van der Waals surface area contributed by atoms with Gasteiger partial charge in [-0.3, -0.25) is 10.1 Å². The number of aromatic nitrogens is 2. The van der Waals surface area contributed by atoms with Crippen LogP contribution in [0, 0.1) is 21.4 Å². The van der Waals surface area contributed by atoms with E-state index in [4.69, 9.17) is 10.5 Å². The maximum atomic E-state index is 10.9. The van der Waals surface area contributed by atoms with Crippen LogP contribution in [-0.4, -0.2) is 14.9 Å². The van der Waals surface area contributed by atoms with Gasteiger partial charge in [-0.15, -0.1) is 0 Å². The molecule has 0 bridgehead atoms. The van der Waals surface area contributed by atoms with Gasteiger partial charge < -0.3 is 15.5 Å². The van der Waals surface area contributed by atoms with Crippen LogP contribution in [-0.2, 0) is 0 Å². The molecule has 0 saturated heterocycles. The molecule has 8 nitrogen and oxygen atoms in total. The lowest BCUT2D eigenvalue weighted by molar-refractivity contribution is -0.384. The summed E-state index contributed by atoms with van der Waals surface area (Å²) in [7, 11) is 0. The Morgan fingerprint density at radius 1 is 1.19 bits per heavy atom. The molecule has 3 aromatic rings. The normalized spacial score (nSPS) is 15.6. The van der Waals surface area contributed by atoms with Crippen molar-refractivity contribution >= 4 is 5.69 Å². The van der Waals surface area contributed by atoms with Gasteiger partial charge in [-0.2, -0.15) is 10.2 Å². The predicted octanol–water partition coefficient (Wildman–Crippen LogP) is 3.20. The molecule has 27 heavy (non-hydrogen) atoms. The van der Waals surface area contributed by atoms with Crippen molar-refractivity contribution in [3.63, 3.8) is 0 Å². The second-order valence-corrected chi connectivity index (χ2v) is 5.94. The highest BCUT2D eigenvalue weighted by atomic mass is 16.6. The van der Waals surface area contributed by atoms with E-state index in [1.165, 1.54) is 12.1 Å². The second kappa shape index (κ2) is 6.31. The third-order valence-electron chi connectivity index (χ3n) is 4.35. The topological polar surface area (TPSA) is 131 Å². The van der Waals surface area contributed by atoms with E-state index in [2.05, 4.69) is 16.0 Å². The van der Waals surface area contributed by atoms with Crippen LogP contribution in [0.25, 0.3) is 11.4 Å². The van der Waals surface area contributed by atoms with Crippen LogP contribution in [0.1, 0.15) is 17.2 Å². The summed E-state index contributed by atoms with van der Waals surface area (Å²) < 4.78 is 5.54. The molecule has 3 N–H and O–H groups in total. The molecule has 0 radical (unpaired) electrons. The summed E-state index contributed by atoms with van der Waals surface area (Å²) >= 11 is 0. The highest BCUT2D eigenvalue weighted by Crippen LogP contribution is 2.42. The van der Waals surface area contributed by atoms with Crippen molar-refractivity contribution in [2.45, 2.75) is 5.92 Å². The lowest BCUT2D eigenvalue weighted by atomic mass is 9.88. The molecule has 0 saturated carbocycles. The SMILES string of the molecule is N#CC1=C(N)Oc2nc(-c3ccccc3)[nH]c2[C@H]1c1ccc([N+](=O)[O-])cc1. The Hall–Kier alpha value is -4.12.